The van der Waals surface area contributed by atoms with Crippen LogP contribution in [0.25, 0.3) is 0 Å². The van der Waals surface area contributed by atoms with Gasteiger partial charge in [0.1, 0.15) is 18.9 Å². The van der Waals surface area contributed by atoms with E-state index in [1.54, 1.807) is 0 Å². The summed E-state index contributed by atoms with van der Waals surface area (Å²) in [6.45, 7) is 2.61. The maximum absolute atomic E-state index is 12.3. The summed E-state index contributed by atoms with van der Waals surface area (Å²) < 4.78 is 10.8. The highest BCUT2D eigenvalue weighted by Crippen LogP contribution is 2.39. The number of hydrogen-bond donors (Lipinski definition) is 1. The molecule has 0 fully saturated rings. The molecule has 0 unspecified atom stereocenters. The van der Waals surface area contributed by atoms with Gasteiger partial charge in [-0.25, -0.2) is 0 Å². The molecule has 24 heavy (non-hydrogen) atoms. The lowest BCUT2D eigenvalue weighted by Crippen LogP contribution is -2.18. The first kappa shape index (κ1) is 15.8. The maximum atomic E-state index is 12.3. The summed E-state index contributed by atoms with van der Waals surface area (Å²) in [7, 11) is 0. The Labute approximate surface area is 138 Å². The molecule has 7 nitrogen and oxygen atoms in total. The van der Waals surface area contributed by atoms with Crippen LogP contribution in [0.3, 0.4) is 0 Å². The molecule has 2 aromatic carbocycles. The van der Waals surface area contributed by atoms with Gasteiger partial charge in [0.2, 0.25) is 5.91 Å². The third-order valence-corrected chi connectivity index (χ3v) is 3.74. The second kappa shape index (κ2) is 6.57. The van der Waals surface area contributed by atoms with E-state index < -0.39 is 4.92 Å². The van der Waals surface area contributed by atoms with E-state index in [0.29, 0.717) is 24.7 Å². The van der Waals surface area contributed by atoms with Crippen molar-refractivity contribution >= 4 is 17.3 Å². The fourth-order valence-corrected chi connectivity index (χ4v) is 2.51. The SMILES string of the molecule is Cc1ccccc1CC(=O)Nc1cc2c(cc1[N+](=O)[O-])OCCO2. The van der Waals surface area contributed by atoms with Gasteiger partial charge in [-0.05, 0) is 18.1 Å². The first-order valence-electron chi connectivity index (χ1n) is 7.47. The quantitative estimate of drug-likeness (QED) is 0.688. The van der Waals surface area contributed by atoms with Crippen LogP contribution in [-0.4, -0.2) is 24.0 Å². The molecule has 0 radical (unpaired) electrons. The standard InChI is InChI=1S/C17H16N2O5/c1-11-4-2-3-5-12(11)8-17(20)18-13-9-15-16(24-7-6-23-15)10-14(13)19(21)22/h2-5,9-10H,6-8H2,1H3,(H,18,20). The number of carbonyl (C=O) groups is 1. The number of hydrogen-bond acceptors (Lipinski definition) is 5. The van der Waals surface area contributed by atoms with Crippen molar-refractivity contribution in [1.29, 1.82) is 0 Å². The number of ether oxygens (including phenoxy) is 2. The number of aryl methyl sites for hydroxylation is 1. The summed E-state index contributed by atoms with van der Waals surface area (Å²) in [5, 5.41) is 13.9. The molecule has 1 amide bonds. The minimum absolute atomic E-state index is 0.0998. The van der Waals surface area contributed by atoms with Gasteiger partial charge in [0, 0.05) is 6.07 Å². The number of fused-ring (bicyclic) bond motifs is 1. The zero-order valence-electron chi connectivity index (χ0n) is 13.1. The summed E-state index contributed by atoms with van der Waals surface area (Å²) in [5.74, 6) is 0.368. The van der Waals surface area contributed by atoms with Crippen molar-refractivity contribution < 1.29 is 19.2 Å². The molecule has 0 bridgehead atoms. The lowest BCUT2D eigenvalue weighted by molar-refractivity contribution is -0.384. The summed E-state index contributed by atoms with van der Waals surface area (Å²) in [6.07, 6.45) is 0.137. The van der Waals surface area contributed by atoms with E-state index in [4.69, 9.17) is 9.47 Å². The smallest absolute Gasteiger partial charge is 0.296 e. The van der Waals surface area contributed by atoms with Crippen LogP contribution in [0.5, 0.6) is 11.5 Å². The van der Waals surface area contributed by atoms with Gasteiger partial charge in [0.05, 0.1) is 17.4 Å². The van der Waals surface area contributed by atoms with Gasteiger partial charge >= 0.3 is 0 Å². The largest absolute Gasteiger partial charge is 0.486 e. The minimum Gasteiger partial charge on any atom is -0.486 e. The van der Waals surface area contributed by atoms with Crippen molar-refractivity contribution in [2.75, 3.05) is 18.5 Å². The molecule has 1 aliphatic heterocycles. The summed E-state index contributed by atoms with van der Waals surface area (Å²) >= 11 is 0. The second-order valence-electron chi connectivity index (χ2n) is 5.42. The number of nitro benzene ring substituents is 1. The Morgan fingerprint density at radius 2 is 1.88 bits per heavy atom. The van der Waals surface area contributed by atoms with E-state index >= 15 is 0 Å². The predicted molar refractivity (Wildman–Crippen MR) is 87.6 cm³/mol. The molecule has 0 aliphatic carbocycles. The van der Waals surface area contributed by atoms with Crippen LogP contribution in [0.15, 0.2) is 36.4 Å². The molecule has 0 saturated carbocycles. The molecule has 2 aromatic rings. The predicted octanol–water partition coefficient (Wildman–Crippen LogP) is 2.86. The van der Waals surface area contributed by atoms with Gasteiger partial charge in [0.25, 0.3) is 5.69 Å². The van der Waals surface area contributed by atoms with Crippen LogP contribution >= 0.6 is 0 Å². The number of anilines is 1. The van der Waals surface area contributed by atoms with Gasteiger partial charge in [0.15, 0.2) is 11.5 Å². The van der Waals surface area contributed by atoms with Crippen molar-refractivity contribution in [1.82, 2.24) is 0 Å². The van der Waals surface area contributed by atoms with E-state index in [9.17, 15) is 14.9 Å². The molecule has 0 saturated heterocycles. The Morgan fingerprint density at radius 1 is 1.21 bits per heavy atom. The van der Waals surface area contributed by atoms with Gasteiger partial charge in [-0.1, -0.05) is 24.3 Å². The molecule has 1 aliphatic rings. The lowest BCUT2D eigenvalue weighted by atomic mass is 10.1. The topological polar surface area (TPSA) is 90.7 Å². The Kier molecular flexibility index (Phi) is 4.33. The molecule has 7 heteroatoms. The van der Waals surface area contributed by atoms with E-state index in [-0.39, 0.29) is 23.7 Å². The molecule has 3 rings (SSSR count). The Balaban J connectivity index is 1.84. The van der Waals surface area contributed by atoms with Crippen LogP contribution in [0.2, 0.25) is 0 Å². The molecule has 1 heterocycles. The zero-order chi connectivity index (χ0) is 17.1. The van der Waals surface area contributed by atoms with Gasteiger partial charge < -0.3 is 14.8 Å². The van der Waals surface area contributed by atoms with Crippen molar-refractivity contribution in [3.05, 3.63) is 57.6 Å². The fraction of sp³-hybridized carbons (Fsp3) is 0.235. The number of nitrogens with zero attached hydrogens (tertiary/aromatic N) is 1. The van der Waals surface area contributed by atoms with Crippen LogP contribution in [-0.2, 0) is 11.2 Å². The normalized spacial score (nSPS) is 12.5. The Morgan fingerprint density at radius 3 is 2.54 bits per heavy atom. The number of carbonyl (C=O) groups excluding carboxylic acids is 1. The zero-order valence-corrected chi connectivity index (χ0v) is 13.1. The average molecular weight is 328 g/mol. The second-order valence-corrected chi connectivity index (χ2v) is 5.42. The van der Waals surface area contributed by atoms with E-state index in [1.165, 1.54) is 12.1 Å². The van der Waals surface area contributed by atoms with Gasteiger partial charge in [-0.3, -0.25) is 14.9 Å². The lowest BCUT2D eigenvalue weighted by Gasteiger charge is -2.19. The molecular weight excluding hydrogens is 312 g/mol. The number of nitro groups is 1. The summed E-state index contributed by atoms with van der Waals surface area (Å²) in [4.78, 5) is 23.0. The van der Waals surface area contributed by atoms with Crippen LogP contribution in [0, 0.1) is 17.0 Å². The first-order valence-corrected chi connectivity index (χ1v) is 7.47. The van der Waals surface area contributed by atoms with Crippen LogP contribution < -0.4 is 14.8 Å². The first-order chi connectivity index (χ1) is 11.5. The molecular formula is C17H16N2O5. The van der Waals surface area contributed by atoms with E-state index in [2.05, 4.69) is 5.32 Å². The Bertz CT molecular complexity index is 804. The number of rotatable bonds is 4. The van der Waals surface area contributed by atoms with Crippen LogP contribution in [0.4, 0.5) is 11.4 Å². The van der Waals surface area contributed by atoms with Crippen molar-refractivity contribution in [3.63, 3.8) is 0 Å². The van der Waals surface area contributed by atoms with Gasteiger partial charge in [-0.15, -0.1) is 0 Å². The fourth-order valence-electron chi connectivity index (χ4n) is 2.51. The highest BCUT2D eigenvalue weighted by Gasteiger charge is 2.23. The van der Waals surface area contributed by atoms with Gasteiger partial charge in [-0.2, -0.15) is 0 Å². The van der Waals surface area contributed by atoms with E-state index in [1.807, 2.05) is 31.2 Å². The van der Waals surface area contributed by atoms with Crippen molar-refractivity contribution in [2.45, 2.75) is 13.3 Å². The highest BCUT2D eigenvalue weighted by molar-refractivity contribution is 5.95. The number of benzene rings is 2. The number of nitrogens with one attached hydrogen (secondary N) is 1. The Hall–Kier alpha value is -3.09. The monoisotopic (exact) mass is 328 g/mol. The third kappa shape index (κ3) is 3.29. The molecule has 0 spiro atoms. The van der Waals surface area contributed by atoms with Crippen molar-refractivity contribution in [2.24, 2.45) is 0 Å². The highest BCUT2D eigenvalue weighted by atomic mass is 16.6. The third-order valence-electron chi connectivity index (χ3n) is 3.74. The summed E-state index contributed by atoms with van der Waals surface area (Å²) in [5.41, 5.74) is 1.74. The molecule has 0 atom stereocenters. The molecule has 0 aromatic heterocycles. The average Bonchev–Trinajstić information content (AvgIpc) is 2.56. The number of amides is 1. The van der Waals surface area contributed by atoms with Crippen LogP contribution in [0.1, 0.15) is 11.1 Å². The molecule has 1 N–H and O–H groups in total. The molecule has 124 valence electrons. The maximum Gasteiger partial charge on any atom is 0.296 e. The minimum atomic E-state index is -0.554. The van der Waals surface area contributed by atoms with Crippen molar-refractivity contribution in [3.8, 4) is 11.5 Å². The van der Waals surface area contributed by atoms with E-state index in [0.717, 1.165) is 11.1 Å². The summed E-state index contributed by atoms with van der Waals surface area (Å²) in [6, 6.07) is 10.2.